The molecule has 0 fully saturated rings. The Labute approximate surface area is 274 Å². The van der Waals surface area contributed by atoms with Gasteiger partial charge in [-0.2, -0.15) is 0 Å². The van der Waals surface area contributed by atoms with E-state index in [2.05, 4.69) is 17.6 Å². The van der Waals surface area contributed by atoms with Crippen LogP contribution >= 0.6 is 0 Å². The summed E-state index contributed by atoms with van der Waals surface area (Å²) in [4.78, 5) is 40.9. The van der Waals surface area contributed by atoms with Crippen molar-refractivity contribution in [2.45, 2.75) is 98.6 Å². The molecule has 0 unspecified atom stereocenters. The summed E-state index contributed by atoms with van der Waals surface area (Å²) in [5, 5.41) is 6.00. The van der Waals surface area contributed by atoms with Crippen molar-refractivity contribution in [3.8, 4) is 11.1 Å². The van der Waals surface area contributed by atoms with Crippen LogP contribution in [0.4, 0.5) is 10.1 Å². The van der Waals surface area contributed by atoms with Gasteiger partial charge in [0.2, 0.25) is 11.8 Å². The first kappa shape index (κ1) is 36.5. The van der Waals surface area contributed by atoms with Crippen molar-refractivity contribution in [1.29, 1.82) is 0 Å². The van der Waals surface area contributed by atoms with Crippen LogP contribution in [0.3, 0.4) is 0 Å². The summed E-state index contributed by atoms with van der Waals surface area (Å²) in [5.74, 6) is -2.09. The molecule has 3 atom stereocenters. The molecule has 7 heteroatoms. The zero-order valence-corrected chi connectivity index (χ0v) is 28.5. The molecule has 0 radical (unpaired) electrons. The Kier molecular flexibility index (Phi) is 13.1. The second kappa shape index (κ2) is 16.5. The molecule has 0 spiro atoms. The van der Waals surface area contributed by atoms with Crippen LogP contribution in [-0.2, 0) is 25.5 Å². The molecule has 0 aromatic heterocycles. The zero-order chi connectivity index (χ0) is 33.9. The summed E-state index contributed by atoms with van der Waals surface area (Å²) in [5.41, 5.74) is 2.38. The van der Waals surface area contributed by atoms with Crippen molar-refractivity contribution in [3.63, 3.8) is 0 Å². The number of aryl methyl sites for hydroxylation is 1. The number of hydrogen-bond donors (Lipinski definition) is 2. The first-order valence-electron chi connectivity index (χ1n) is 16.4. The lowest BCUT2D eigenvalue weighted by Crippen LogP contribution is -2.53. The lowest BCUT2D eigenvalue weighted by molar-refractivity contribution is -0.161. The van der Waals surface area contributed by atoms with E-state index in [-0.39, 0.29) is 23.6 Å². The molecule has 46 heavy (non-hydrogen) atoms. The minimum absolute atomic E-state index is 0.254. The first-order chi connectivity index (χ1) is 21.7. The van der Waals surface area contributed by atoms with Gasteiger partial charge in [-0.15, -0.1) is 0 Å². The Balaban J connectivity index is 1.85. The van der Waals surface area contributed by atoms with Crippen LogP contribution in [-0.4, -0.2) is 29.4 Å². The molecule has 0 aliphatic carbocycles. The minimum atomic E-state index is -0.798. The maximum atomic E-state index is 14.1. The lowest BCUT2D eigenvalue weighted by atomic mass is 9.83. The summed E-state index contributed by atoms with van der Waals surface area (Å²) >= 11 is 0. The number of amides is 2. The van der Waals surface area contributed by atoms with Gasteiger partial charge < -0.3 is 15.4 Å². The highest BCUT2D eigenvalue weighted by Crippen LogP contribution is 2.28. The van der Waals surface area contributed by atoms with Crippen LogP contribution < -0.4 is 10.6 Å². The predicted octanol–water partition coefficient (Wildman–Crippen LogP) is 8.75. The molecule has 0 heterocycles. The number of esters is 1. The molecule has 3 aromatic carbocycles. The van der Waals surface area contributed by atoms with Crippen molar-refractivity contribution in [2.75, 3.05) is 5.32 Å². The minimum Gasteiger partial charge on any atom is -0.460 e. The Hall–Kier alpha value is -4.00. The van der Waals surface area contributed by atoms with Gasteiger partial charge >= 0.3 is 5.97 Å². The average molecular weight is 631 g/mol. The number of anilines is 1. The highest BCUT2D eigenvalue weighted by atomic mass is 19.1. The maximum Gasteiger partial charge on any atom is 0.309 e. The molecule has 0 aliphatic rings. The number of unbranched alkanes of at least 4 members (excludes halogenated alkanes) is 1. The van der Waals surface area contributed by atoms with Crippen molar-refractivity contribution in [1.82, 2.24) is 5.32 Å². The van der Waals surface area contributed by atoms with Gasteiger partial charge in [0, 0.05) is 11.6 Å². The summed E-state index contributed by atoms with van der Waals surface area (Å²) in [6.07, 6.45) is 3.80. The second-order valence-electron chi connectivity index (χ2n) is 14.2. The van der Waals surface area contributed by atoms with E-state index in [0.29, 0.717) is 31.4 Å². The van der Waals surface area contributed by atoms with Gasteiger partial charge in [0.1, 0.15) is 17.5 Å². The largest absolute Gasteiger partial charge is 0.460 e. The van der Waals surface area contributed by atoms with Gasteiger partial charge in [-0.3, -0.25) is 14.4 Å². The quantitative estimate of drug-likeness (QED) is 0.175. The van der Waals surface area contributed by atoms with E-state index in [9.17, 15) is 18.8 Å². The third-order valence-electron chi connectivity index (χ3n) is 7.96. The topological polar surface area (TPSA) is 84.5 Å². The molecule has 2 N–H and O–H groups in total. The molecule has 3 aromatic rings. The number of nitrogens with one attached hydrogen (secondary N) is 2. The van der Waals surface area contributed by atoms with Gasteiger partial charge in [-0.25, -0.2) is 4.39 Å². The van der Waals surface area contributed by atoms with E-state index in [4.69, 9.17) is 4.74 Å². The van der Waals surface area contributed by atoms with Gasteiger partial charge in [0.05, 0.1) is 5.92 Å². The highest BCUT2D eigenvalue weighted by Gasteiger charge is 2.36. The number of halogens is 1. The average Bonchev–Trinajstić information content (AvgIpc) is 2.99. The molecule has 0 bridgehead atoms. The van der Waals surface area contributed by atoms with E-state index in [0.717, 1.165) is 29.5 Å². The summed E-state index contributed by atoms with van der Waals surface area (Å²) < 4.78 is 19.2. The molecule has 0 saturated heterocycles. The number of ether oxygens (including phenoxy) is 1. The smallest absolute Gasteiger partial charge is 0.309 e. The van der Waals surface area contributed by atoms with Crippen LogP contribution in [0.2, 0.25) is 0 Å². The van der Waals surface area contributed by atoms with Crippen LogP contribution in [0, 0.1) is 23.1 Å². The second-order valence-corrected chi connectivity index (χ2v) is 14.2. The number of hydrogen-bond acceptors (Lipinski definition) is 4. The monoisotopic (exact) mass is 630 g/mol. The van der Waals surface area contributed by atoms with Gasteiger partial charge in [0.25, 0.3) is 0 Å². The van der Waals surface area contributed by atoms with Gasteiger partial charge in [-0.05, 0) is 92.8 Å². The third-order valence-corrected chi connectivity index (χ3v) is 7.96. The molecule has 248 valence electrons. The van der Waals surface area contributed by atoms with Crippen molar-refractivity contribution >= 4 is 23.5 Å². The zero-order valence-electron chi connectivity index (χ0n) is 28.5. The maximum absolute atomic E-state index is 14.1. The van der Waals surface area contributed by atoms with Crippen molar-refractivity contribution < 1.29 is 23.5 Å². The summed E-state index contributed by atoms with van der Waals surface area (Å²) in [6.45, 7) is 13.4. The fraction of sp³-hybridized carbons (Fsp3) is 0.462. The summed E-state index contributed by atoms with van der Waals surface area (Å²) in [7, 11) is 0. The standard InChI is InChI=1S/C39H51FN2O4/c1-8-9-13-31(37(45)46-39(5,6)7)26-30(21-18-27-16-19-28(20-17-27)29-22-24-32(40)25-23-29)35(43)42-34(38(2,3)4)36(44)41-33-14-11-10-12-15-33/h10-12,14-17,19-20,22-25,30-31,34H,8-9,13,18,21,26H2,1-7H3,(H,41,44)(H,42,43)/t30-,31+,34-/m1/s1. The molecule has 0 saturated carbocycles. The third kappa shape index (κ3) is 11.7. The molecule has 3 rings (SSSR count). The van der Waals surface area contributed by atoms with Crippen molar-refractivity contribution in [2.24, 2.45) is 17.3 Å². The number of carbonyl (C=O) groups is 3. The summed E-state index contributed by atoms with van der Waals surface area (Å²) in [6, 6.07) is 22.8. The predicted molar refractivity (Wildman–Crippen MR) is 184 cm³/mol. The van der Waals surface area contributed by atoms with Gasteiger partial charge in [-0.1, -0.05) is 95.1 Å². The fourth-order valence-corrected chi connectivity index (χ4v) is 5.39. The van der Waals surface area contributed by atoms with E-state index < -0.39 is 28.9 Å². The van der Waals surface area contributed by atoms with E-state index >= 15 is 0 Å². The lowest BCUT2D eigenvalue weighted by Gasteiger charge is -2.32. The van der Waals surface area contributed by atoms with Gasteiger partial charge in [0.15, 0.2) is 0 Å². The van der Waals surface area contributed by atoms with E-state index in [1.807, 2.05) is 96.1 Å². The normalized spacial score (nSPS) is 13.7. The van der Waals surface area contributed by atoms with Crippen LogP contribution in [0.1, 0.15) is 86.1 Å². The van der Waals surface area contributed by atoms with Crippen LogP contribution in [0.5, 0.6) is 0 Å². The molecule has 2 amide bonds. The Morgan fingerprint density at radius 3 is 1.89 bits per heavy atom. The van der Waals surface area contributed by atoms with Crippen LogP contribution in [0.25, 0.3) is 11.1 Å². The fourth-order valence-electron chi connectivity index (χ4n) is 5.39. The first-order valence-corrected chi connectivity index (χ1v) is 16.4. The Morgan fingerprint density at radius 1 is 0.761 bits per heavy atom. The molecule has 0 aliphatic heterocycles. The number of carbonyl (C=O) groups excluding carboxylic acids is 3. The highest BCUT2D eigenvalue weighted by molar-refractivity contribution is 5.98. The molecule has 6 nitrogen and oxygen atoms in total. The number of benzene rings is 3. The Bertz CT molecular complexity index is 1410. The van der Waals surface area contributed by atoms with Crippen molar-refractivity contribution in [3.05, 3.63) is 90.2 Å². The Morgan fingerprint density at radius 2 is 1.35 bits per heavy atom. The number of para-hydroxylation sites is 1. The molecular formula is C39H51FN2O4. The van der Waals surface area contributed by atoms with E-state index in [1.54, 1.807) is 12.1 Å². The van der Waals surface area contributed by atoms with E-state index in [1.165, 1.54) is 12.1 Å². The molecular weight excluding hydrogens is 579 g/mol. The SMILES string of the molecule is CCCC[C@@H](C[C@@H](CCc1ccc(-c2ccc(F)cc2)cc1)C(=O)N[C@H](C(=O)Nc1ccccc1)C(C)(C)C)C(=O)OC(C)(C)C. The van der Waals surface area contributed by atoms with Crippen LogP contribution in [0.15, 0.2) is 78.9 Å². The number of rotatable bonds is 14.